The first-order chi connectivity index (χ1) is 6.63. The lowest BCUT2D eigenvalue weighted by atomic mass is 10.0. The average molecular weight is 192 g/mol. The van der Waals surface area contributed by atoms with E-state index >= 15 is 0 Å². The molecule has 1 unspecified atom stereocenters. The Bertz CT molecular complexity index is 362. The molecule has 0 amide bonds. The maximum atomic E-state index is 10.6. The van der Waals surface area contributed by atoms with Gasteiger partial charge in [-0.3, -0.25) is 9.48 Å². The molecule has 0 saturated carbocycles. The molecular formula is C10H12N2O2. The van der Waals surface area contributed by atoms with Crippen LogP contribution in [0.1, 0.15) is 12.5 Å². The number of hydrogen-bond acceptors (Lipinski definition) is 2. The number of carbonyl (C=O) groups is 1. The highest BCUT2D eigenvalue weighted by Crippen LogP contribution is 2.07. The highest BCUT2D eigenvalue weighted by atomic mass is 16.4. The van der Waals surface area contributed by atoms with Crippen LogP contribution >= 0.6 is 0 Å². The third kappa shape index (κ3) is 2.63. The Morgan fingerprint density at radius 2 is 2.57 bits per heavy atom. The Hall–Kier alpha value is -1.76. The number of carboxylic acids is 1. The smallest absolute Gasteiger partial charge is 0.306 e. The first-order valence-electron chi connectivity index (χ1n) is 4.31. The lowest BCUT2D eigenvalue weighted by Crippen LogP contribution is -2.11. The summed E-state index contributed by atoms with van der Waals surface area (Å²) < 4.78 is 1.61. The van der Waals surface area contributed by atoms with Crippen LogP contribution in [-0.4, -0.2) is 20.9 Å². The molecule has 1 N–H and O–H groups in total. The maximum Gasteiger partial charge on any atom is 0.306 e. The number of terminal acetylenes is 1. The van der Waals surface area contributed by atoms with Gasteiger partial charge in [-0.2, -0.15) is 5.10 Å². The molecule has 0 fully saturated rings. The summed E-state index contributed by atoms with van der Waals surface area (Å²) in [7, 11) is 0. The number of aliphatic carboxylic acids is 1. The van der Waals surface area contributed by atoms with Crippen LogP contribution < -0.4 is 0 Å². The molecule has 14 heavy (non-hydrogen) atoms. The van der Waals surface area contributed by atoms with E-state index in [1.807, 2.05) is 0 Å². The monoisotopic (exact) mass is 192 g/mol. The van der Waals surface area contributed by atoms with E-state index in [1.54, 1.807) is 24.0 Å². The highest BCUT2D eigenvalue weighted by molar-refractivity contribution is 5.69. The molecule has 0 radical (unpaired) electrons. The van der Waals surface area contributed by atoms with E-state index in [-0.39, 0.29) is 0 Å². The molecule has 0 saturated heterocycles. The summed E-state index contributed by atoms with van der Waals surface area (Å²) in [5.41, 5.74) is 0.898. The second-order valence-electron chi connectivity index (χ2n) is 3.19. The molecule has 0 spiro atoms. The van der Waals surface area contributed by atoms with Crippen LogP contribution in [0.3, 0.4) is 0 Å². The Kier molecular flexibility index (Phi) is 3.29. The van der Waals surface area contributed by atoms with E-state index in [4.69, 9.17) is 11.5 Å². The minimum atomic E-state index is -0.797. The molecule has 0 bridgehead atoms. The molecule has 0 aliphatic carbocycles. The Labute approximate surface area is 82.5 Å². The van der Waals surface area contributed by atoms with Crippen molar-refractivity contribution in [3.8, 4) is 12.3 Å². The average Bonchev–Trinajstić information content (AvgIpc) is 2.53. The zero-order valence-corrected chi connectivity index (χ0v) is 7.97. The Morgan fingerprint density at radius 3 is 3.14 bits per heavy atom. The van der Waals surface area contributed by atoms with Gasteiger partial charge in [0.05, 0.1) is 12.1 Å². The second-order valence-corrected chi connectivity index (χ2v) is 3.19. The summed E-state index contributed by atoms with van der Waals surface area (Å²) >= 11 is 0. The van der Waals surface area contributed by atoms with Crippen LogP contribution in [0.5, 0.6) is 0 Å². The normalized spacial score (nSPS) is 12.0. The van der Waals surface area contributed by atoms with Crippen LogP contribution in [0, 0.1) is 18.3 Å². The van der Waals surface area contributed by atoms with E-state index in [0.717, 1.165) is 5.56 Å². The van der Waals surface area contributed by atoms with Gasteiger partial charge in [0, 0.05) is 6.20 Å². The summed E-state index contributed by atoms with van der Waals surface area (Å²) in [4.78, 5) is 10.6. The highest BCUT2D eigenvalue weighted by Gasteiger charge is 2.12. The Morgan fingerprint density at radius 1 is 1.86 bits per heavy atom. The number of carboxylic acid groups (broad SMARTS) is 1. The lowest BCUT2D eigenvalue weighted by Gasteiger charge is -2.01. The molecule has 1 heterocycles. The number of aromatic nitrogens is 2. The topological polar surface area (TPSA) is 55.1 Å². The first kappa shape index (κ1) is 10.3. The van der Waals surface area contributed by atoms with Gasteiger partial charge in [0.15, 0.2) is 0 Å². The van der Waals surface area contributed by atoms with E-state index in [9.17, 15) is 4.79 Å². The second kappa shape index (κ2) is 4.47. The summed E-state index contributed by atoms with van der Waals surface area (Å²) in [6.45, 7) is 2.09. The van der Waals surface area contributed by atoms with Crippen LogP contribution in [-0.2, 0) is 17.8 Å². The summed E-state index contributed by atoms with van der Waals surface area (Å²) in [6.07, 6.45) is 9.03. The molecular weight excluding hydrogens is 180 g/mol. The molecule has 4 nitrogen and oxygen atoms in total. The third-order valence-electron chi connectivity index (χ3n) is 1.90. The molecule has 74 valence electrons. The SMILES string of the molecule is C#CCn1cc(CC(C)C(=O)O)cn1. The van der Waals surface area contributed by atoms with E-state index in [0.29, 0.717) is 13.0 Å². The van der Waals surface area contributed by atoms with E-state index in [1.165, 1.54) is 0 Å². The van der Waals surface area contributed by atoms with Crippen LogP contribution in [0.25, 0.3) is 0 Å². The van der Waals surface area contributed by atoms with Gasteiger partial charge < -0.3 is 5.11 Å². The summed E-state index contributed by atoms with van der Waals surface area (Å²) in [5, 5.41) is 12.7. The zero-order valence-electron chi connectivity index (χ0n) is 7.97. The van der Waals surface area contributed by atoms with Crippen molar-refractivity contribution in [3.05, 3.63) is 18.0 Å². The van der Waals surface area contributed by atoms with E-state index < -0.39 is 11.9 Å². The van der Waals surface area contributed by atoms with Gasteiger partial charge in [-0.25, -0.2) is 0 Å². The standard InChI is InChI=1S/C10H12N2O2/c1-3-4-12-7-9(6-11-12)5-8(2)10(13)14/h1,6-8H,4-5H2,2H3,(H,13,14). The van der Waals surface area contributed by atoms with Gasteiger partial charge in [-0.15, -0.1) is 6.42 Å². The molecule has 0 aliphatic rings. The van der Waals surface area contributed by atoms with Gasteiger partial charge >= 0.3 is 5.97 Å². The fourth-order valence-electron chi connectivity index (χ4n) is 1.13. The van der Waals surface area contributed by atoms with Crippen molar-refractivity contribution < 1.29 is 9.90 Å². The van der Waals surface area contributed by atoms with Crippen molar-refractivity contribution in [2.24, 2.45) is 5.92 Å². The van der Waals surface area contributed by atoms with Gasteiger partial charge in [-0.1, -0.05) is 12.8 Å². The van der Waals surface area contributed by atoms with Gasteiger partial charge in [0.2, 0.25) is 0 Å². The molecule has 1 rings (SSSR count). The molecule has 1 aromatic heterocycles. The minimum absolute atomic E-state index is 0.390. The Balaban J connectivity index is 2.60. The number of hydrogen-bond donors (Lipinski definition) is 1. The van der Waals surface area contributed by atoms with Gasteiger partial charge in [0.25, 0.3) is 0 Å². The van der Waals surface area contributed by atoms with Crippen molar-refractivity contribution >= 4 is 5.97 Å². The lowest BCUT2D eigenvalue weighted by molar-refractivity contribution is -0.141. The van der Waals surface area contributed by atoms with Crippen molar-refractivity contribution in [1.29, 1.82) is 0 Å². The van der Waals surface area contributed by atoms with Crippen molar-refractivity contribution in [2.45, 2.75) is 19.9 Å². The minimum Gasteiger partial charge on any atom is -0.481 e. The number of rotatable bonds is 4. The van der Waals surface area contributed by atoms with Crippen LogP contribution in [0.4, 0.5) is 0 Å². The van der Waals surface area contributed by atoms with Gasteiger partial charge in [-0.05, 0) is 12.0 Å². The summed E-state index contributed by atoms with van der Waals surface area (Å²) in [6, 6.07) is 0. The maximum absolute atomic E-state index is 10.6. The predicted molar refractivity (Wildman–Crippen MR) is 51.6 cm³/mol. The fourth-order valence-corrected chi connectivity index (χ4v) is 1.13. The van der Waals surface area contributed by atoms with Crippen LogP contribution in [0.15, 0.2) is 12.4 Å². The zero-order chi connectivity index (χ0) is 10.6. The van der Waals surface area contributed by atoms with E-state index in [2.05, 4.69) is 11.0 Å². The largest absolute Gasteiger partial charge is 0.481 e. The van der Waals surface area contributed by atoms with Crippen molar-refractivity contribution in [1.82, 2.24) is 9.78 Å². The van der Waals surface area contributed by atoms with Crippen LogP contribution in [0.2, 0.25) is 0 Å². The molecule has 1 atom stereocenters. The molecule has 0 aliphatic heterocycles. The molecule has 4 heteroatoms. The first-order valence-corrected chi connectivity index (χ1v) is 4.31. The summed E-state index contributed by atoms with van der Waals surface area (Å²) in [5.74, 6) is 1.27. The number of nitrogens with zero attached hydrogens (tertiary/aromatic N) is 2. The molecule has 0 aromatic carbocycles. The van der Waals surface area contributed by atoms with Crippen molar-refractivity contribution in [3.63, 3.8) is 0 Å². The third-order valence-corrected chi connectivity index (χ3v) is 1.90. The predicted octanol–water partition coefficient (Wildman–Crippen LogP) is 0.780. The van der Waals surface area contributed by atoms with Crippen molar-refractivity contribution in [2.75, 3.05) is 0 Å². The fraction of sp³-hybridized carbons (Fsp3) is 0.400. The quantitative estimate of drug-likeness (QED) is 0.717. The molecule has 1 aromatic rings. The van der Waals surface area contributed by atoms with Gasteiger partial charge in [0.1, 0.15) is 6.54 Å².